The Morgan fingerprint density at radius 2 is 1.68 bits per heavy atom. The van der Waals surface area contributed by atoms with Crippen molar-refractivity contribution in [2.45, 2.75) is 19.9 Å². The van der Waals surface area contributed by atoms with E-state index in [2.05, 4.69) is 19.1 Å². The fourth-order valence-electron chi connectivity index (χ4n) is 4.69. The summed E-state index contributed by atoms with van der Waals surface area (Å²) in [7, 11) is -3.22. The SMILES string of the molecule is CCS(=O)(=O)N1C[C@H]2CN(C(=O)c3ccccc3)[C@H](c3ccccc3C)[C@H]2C1. The second kappa shape index (κ2) is 7.33. The molecule has 0 N–H and O–H groups in total. The van der Waals surface area contributed by atoms with Crippen molar-refractivity contribution in [3.8, 4) is 0 Å². The predicted molar refractivity (Wildman–Crippen MR) is 109 cm³/mol. The van der Waals surface area contributed by atoms with E-state index in [0.29, 0.717) is 25.2 Å². The van der Waals surface area contributed by atoms with Crippen molar-refractivity contribution in [1.82, 2.24) is 9.21 Å². The van der Waals surface area contributed by atoms with Crippen molar-refractivity contribution in [3.63, 3.8) is 0 Å². The Bertz CT molecular complexity index is 974. The van der Waals surface area contributed by atoms with Gasteiger partial charge in [-0.3, -0.25) is 4.79 Å². The van der Waals surface area contributed by atoms with Crippen LogP contribution < -0.4 is 0 Å². The molecule has 2 aromatic carbocycles. The van der Waals surface area contributed by atoms with E-state index in [1.165, 1.54) is 0 Å². The van der Waals surface area contributed by atoms with Gasteiger partial charge in [-0.05, 0) is 43.0 Å². The van der Waals surface area contributed by atoms with Gasteiger partial charge < -0.3 is 4.90 Å². The zero-order valence-electron chi connectivity index (χ0n) is 16.3. The third-order valence-electron chi connectivity index (χ3n) is 6.18. The Balaban J connectivity index is 1.71. The number of aryl methyl sites for hydroxylation is 1. The molecule has 3 atom stereocenters. The molecular formula is C22H26N2O3S. The van der Waals surface area contributed by atoms with Crippen LogP contribution in [0.4, 0.5) is 0 Å². The molecule has 0 saturated carbocycles. The van der Waals surface area contributed by atoms with Crippen LogP contribution in [0.5, 0.6) is 0 Å². The first-order chi connectivity index (χ1) is 13.4. The third-order valence-corrected chi connectivity index (χ3v) is 7.99. The summed E-state index contributed by atoms with van der Waals surface area (Å²) in [6.07, 6.45) is 0. The summed E-state index contributed by atoms with van der Waals surface area (Å²) >= 11 is 0. The molecule has 1 amide bonds. The molecule has 0 aliphatic carbocycles. The summed E-state index contributed by atoms with van der Waals surface area (Å²) in [5, 5.41) is 0. The first-order valence-corrected chi connectivity index (χ1v) is 11.4. The Labute approximate surface area is 167 Å². The highest BCUT2D eigenvalue weighted by Crippen LogP contribution is 2.46. The average molecular weight is 399 g/mol. The number of fused-ring (bicyclic) bond motifs is 1. The summed E-state index contributed by atoms with van der Waals surface area (Å²) in [5.74, 6) is 0.426. The van der Waals surface area contributed by atoms with Gasteiger partial charge in [0, 0.05) is 31.1 Å². The monoisotopic (exact) mass is 398 g/mol. The molecule has 2 aromatic rings. The minimum absolute atomic E-state index is 0.0214. The van der Waals surface area contributed by atoms with Crippen LogP contribution in [0, 0.1) is 18.8 Å². The minimum atomic E-state index is -3.22. The molecule has 0 unspecified atom stereocenters. The lowest BCUT2D eigenvalue weighted by Gasteiger charge is -2.31. The molecule has 148 valence electrons. The summed E-state index contributed by atoms with van der Waals surface area (Å²) in [5.41, 5.74) is 2.94. The van der Waals surface area contributed by atoms with E-state index in [0.717, 1.165) is 11.1 Å². The van der Waals surface area contributed by atoms with Crippen LogP contribution in [0.3, 0.4) is 0 Å². The number of amides is 1. The van der Waals surface area contributed by atoms with Gasteiger partial charge in [0.25, 0.3) is 5.91 Å². The van der Waals surface area contributed by atoms with Crippen molar-refractivity contribution in [2.75, 3.05) is 25.4 Å². The quantitative estimate of drug-likeness (QED) is 0.795. The van der Waals surface area contributed by atoms with Gasteiger partial charge in [0.1, 0.15) is 0 Å². The zero-order chi connectivity index (χ0) is 19.9. The Hall–Kier alpha value is -2.18. The van der Waals surface area contributed by atoms with Crippen molar-refractivity contribution >= 4 is 15.9 Å². The van der Waals surface area contributed by atoms with Gasteiger partial charge in [-0.15, -0.1) is 0 Å². The van der Waals surface area contributed by atoms with Crippen LogP contribution >= 0.6 is 0 Å². The van der Waals surface area contributed by atoms with E-state index in [-0.39, 0.29) is 29.5 Å². The Morgan fingerprint density at radius 3 is 2.36 bits per heavy atom. The van der Waals surface area contributed by atoms with E-state index < -0.39 is 10.0 Å². The van der Waals surface area contributed by atoms with Crippen LogP contribution in [-0.4, -0.2) is 48.9 Å². The molecule has 6 heteroatoms. The molecule has 2 aliphatic rings. The van der Waals surface area contributed by atoms with E-state index in [9.17, 15) is 13.2 Å². The van der Waals surface area contributed by atoms with Crippen molar-refractivity contribution in [1.29, 1.82) is 0 Å². The van der Waals surface area contributed by atoms with Gasteiger partial charge in [0.05, 0.1) is 11.8 Å². The molecule has 4 rings (SSSR count). The summed E-state index contributed by atoms with van der Waals surface area (Å²) in [4.78, 5) is 15.3. The Morgan fingerprint density at radius 1 is 1.00 bits per heavy atom. The predicted octanol–water partition coefficient (Wildman–Crippen LogP) is 3.09. The highest BCUT2D eigenvalue weighted by Gasteiger charge is 2.51. The first kappa shape index (κ1) is 19.2. The molecule has 5 nitrogen and oxygen atoms in total. The largest absolute Gasteiger partial charge is 0.331 e. The topological polar surface area (TPSA) is 57.7 Å². The van der Waals surface area contributed by atoms with Crippen molar-refractivity contribution in [2.24, 2.45) is 11.8 Å². The van der Waals surface area contributed by atoms with Gasteiger partial charge in [0.2, 0.25) is 10.0 Å². The first-order valence-electron chi connectivity index (χ1n) is 9.81. The third kappa shape index (κ3) is 3.25. The fourth-order valence-corrected chi connectivity index (χ4v) is 5.87. The summed E-state index contributed by atoms with van der Waals surface area (Å²) in [6, 6.07) is 17.4. The standard InChI is InChI=1S/C22H26N2O3S/c1-3-28(26,27)23-13-18-14-24(22(25)17-10-5-4-6-11-17)21(20(18)15-23)19-12-8-7-9-16(19)2/h4-12,18,20-21H,3,13-15H2,1-2H3/t18-,20-,21+/m0/s1. The summed E-state index contributed by atoms with van der Waals surface area (Å²) < 4.78 is 26.5. The molecule has 2 fully saturated rings. The number of rotatable bonds is 4. The average Bonchev–Trinajstić information content (AvgIpc) is 3.27. The van der Waals surface area contributed by atoms with Crippen LogP contribution in [0.2, 0.25) is 0 Å². The van der Waals surface area contributed by atoms with Crippen LogP contribution in [0.1, 0.15) is 34.5 Å². The number of hydrogen-bond acceptors (Lipinski definition) is 3. The van der Waals surface area contributed by atoms with Crippen LogP contribution in [0.25, 0.3) is 0 Å². The van der Waals surface area contributed by atoms with Gasteiger partial charge in [-0.1, -0.05) is 42.5 Å². The lowest BCUT2D eigenvalue weighted by molar-refractivity contribution is 0.0708. The zero-order valence-corrected chi connectivity index (χ0v) is 17.1. The number of sulfonamides is 1. The molecule has 0 bridgehead atoms. The molecule has 0 spiro atoms. The highest BCUT2D eigenvalue weighted by atomic mass is 32.2. The number of carbonyl (C=O) groups is 1. The molecule has 2 heterocycles. The molecule has 2 saturated heterocycles. The van der Waals surface area contributed by atoms with E-state index in [4.69, 9.17) is 0 Å². The van der Waals surface area contributed by atoms with Gasteiger partial charge in [0.15, 0.2) is 0 Å². The van der Waals surface area contributed by atoms with Crippen molar-refractivity contribution < 1.29 is 13.2 Å². The van der Waals surface area contributed by atoms with E-state index >= 15 is 0 Å². The molecular weight excluding hydrogens is 372 g/mol. The lowest BCUT2D eigenvalue weighted by Crippen LogP contribution is -2.38. The van der Waals surface area contributed by atoms with E-state index in [1.807, 2.05) is 47.4 Å². The Kier molecular flexibility index (Phi) is 5.02. The van der Waals surface area contributed by atoms with Gasteiger partial charge in [-0.2, -0.15) is 0 Å². The lowest BCUT2D eigenvalue weighted by atomic mass is 9.87. The number of carbonyl (C=O) groups excluding carboxylic acids is 1. The fraction of sp³-hybridized carbons (Fsp3) is 0.409. The number of nitrogens with zero attached hydrogens (tertiary/aromatic N) is 2. The minimum Gasteiger partial charge on any atom is -0.331 e. The number of hydrogen-bond donors (Lipinski definition) is 0. The molecule has 0 aromatic heterocycles. The molecule has 28 heavy (non-hydrogen) atoms. The second-order valence-electron chi connectivity index (χ2n) is 7.77. The van der Waals surface area contributed by atoms with E-state index in [1.54, 1.807) is 11.2 Å². The number of benzene rings is 2. The maximum Gasteiger partial charge on any atom is 0.254 e. The number of likely N-dealkylation sites (tertiary alicyclic amines) is 1. The van der Waals surface area contributed by atoms with Gasteiger partial charge in [-0.25, -0.2) is 12.7 Å². The van der Waals surface area contributed by atoms with Crippen molar-refractivity contribution in [3.05, 3.63) is 71.3 Å². The second-order valence-corrected chi connectivity index (χ2v) is 10.0. The molecule has 2 aliphatic heterocycles. The maximum atomic E-state index is 13.3. The van der Waals surface area contributed by atoms with Crippen LogP contribution in [0.15, 0.2) is 54.6 Å². The van der Waals surface area contributed by atoms with Gasteiger partial charge >= 0.3 is 0 Å². The summed E-state index contributed by atoms with van der Waals surface area (Å²) in [6.45, 7) is 5.32. The molecule has 0 radical (unpaired) electrons. The normalized spacial score (nSPS) is 25.1. The van der Waals surface area contributed by atoms with Crippen LogP contribution in [-0.2, 0) is 10.0 Å². The highest BCUT2D eigenvalue weighted by molar-refractivity contribution is 7.89. The maximum absolute atomic E-state index is 13.3. The smallest absolute Gasteiger partial charge is 0.254 e.